The number of carbonyl (C=O) groups is 2. The van der Waals surface area contributed by atoms with Gasteiger partial charge in [0.25, 0.3) is 5.91 Å². The minimum Gasteiger partial charge on any atom is -0.507 e. The molecular formula is C27H21N3O4. The van der Waals surface area contributed by atoms with Gasteiger partial charge in [-0.05, 0) is 65.0 Å². The van der Waals surface area contributed by atoms with Crippen LogP contribution in [0.2, 0.25) is 0 Å². The van der Waals surface area contributed by atoms with E-state index < -0.39 is 5.97 Å². The molecule has 0 fully saturated rings. The van der Waals surface area contributed by atoms with Crippen LogP contribution < -0.4 is 5.32 Å². The van der Waals surface area contributed by atoms with E-state index in [0.717, 1.165) is 22.0 Å². The van der Waals surface area contributed by atoms with Gasteiger partial charge in [0.15, 0.2) is 0 Å². The van der Waals surface area contributed by atoms with Crippen LogP contribution in [-0.2, 0) is 13.0 Å². The van der Waals surface area contributed by atoms with Gasteiger partial charge in [0.05, 0.1) is 11.1 Å². The lowest BCUT2D eigenvalue weighted by atomic mass is 10.0. The molecule has 0 aliphatic carbocycles. The molecule has 0 saturated carbocycles. The molecule has 4 N–H and O–H groups in total. The van der Waals surface area contributed by atoms with E-state index in [9.17, 15) is 14.7 Å². The lowest BCUT2D eigenvalue weighted by Crippen LogP contribution is -2.22. The maximum Gasteiger partial charge on any atom is 0.335 e. The van der Waals surface area contributed by atoms with Crippen LogP contribution in [0.25, 0.3) is 21.8 Å². The summed E-state index contributed by atoms with van der Waals surface area (Å²) in [6.45, 7) is 0.384. The van der Waals surface area contributed by atoms with Crippen LogP contribution >= 0.6 is 0 Å². The van der Waals surface area contributed by atoms with Crippen molar-refractivity contribution in [1.82, 2.24) is 15.3 Å². The van der Waals surface area contributed by atoms with Gasteiger partial charge in [-0.2, -0.15) is 0 Å². The van der Waals surface area contributed by atoms with E-state index in [2.05, 4.69) is 15.3 Å². The molecule has 2 heterocycles. The Morgan fingerprint density at radius 1 is 0.912 bits per heavy atom. The summed E-state index contributed by atoms with van der Waals surface area (Å²) < 4.78 is 0. The molecule has 34 heavy (non-hydrogen) atoms. The van der Waals surface area contributed by atoms with Crippen molar-refractivity contribution in [2.24, 2.45) is 0 Å². The Morgan fingerprint density at radius 3 is 2.47 bits per heavy atom. The first-order valence-corrected chi connectivity index (χ1v) is 10.7. The number of aromatic amines is 1. The Bertz CT molecular complexity index is 1540. The average Bonchev–Trinajstić information content (AvgIpc) is 3.32. The first kappa shape index (κ1) is 21.2. The zero-order valence-electron chi connectivity index (χ0n) is 18.1. The Balaban J connectivity index is 1.35. The number of fused-ring (bicyclic) bond motifs is 2. The summed E-state index contributed by atoms with van der Waals surface area (Å²) in [5.74, 6) is -1.18. The second-order valence-corrected chi connectivity index (χ2v) is 8.12. The summed E-state index contributed by atoms with van der Waals surface area (Å²) in [5, 5.41) is 24.4. The third-order valence-electron chi connectivity index (χ3n) is 5.84. The number of aromatic nitrogens is 2. The van der Waals surface area contributed by atoms with Gasteiger partial charge < -0.3 is 20.5 Å². The smallest absolute Gasteiger partial charge is 0.335 e. The normalized spacial score (nSPS) is 11.1. The molecule has 0 radical (unpaired) electrons. The Morgan fingerprint density at radius 2 is 1.68 bits per heavy atom. The highest BCUT2D eigenvalue weighted by molar-refractivity contribution is 5.99. The highest BCUT2D eigenvalue weighted by Crippen LogP contribution is 2.29. The zero-order chi connectivity index (χ0) is 23.7. The molecule has 5 aromatic rings. The van der Waals surface area contributed by atoms with Crippen molar-refractivity contribution in [3.63, 3.8) is 0 Å². The van der Waals surface area contributed by atoms with Crippen molar-refractivity contribution in [3.8, 4) is 5.75 Å². The lowest BCUT2D eigenvalue weighted by Gasteiger charge is -2.10. The van der Waals surface area contributed by atoms with Crippen molar-refractivity contribution >= 4 is 33.7 Å². The van der Waals surface area contributed by atoms with E-state index in [0.29, 0.717) is 35.0 Å². The second kappa shape index (κ2) is 8.71. The van der Waals surface area contributed by atoms with Crippen LogP contribution in [0.3, 0.4) is 0 Å². The molecule has 0 aliphatic heterocycles. The molecule has 0 saturated heterocycles. The van der Waals surface area contributed by atoms with Gasteiger partial charge in [0.2, 0.25) is 0 Å². The summed E-state index contributed by atoms with van der Waals surface area (Å²) in [5.41, 5.74) is 4.67. The number of rotatable bonds is 6. The van der Waals surface area contributed by atoms with Crippen LogP contribution in [0.15, 0.2) is 79.1 Å². The SMILES string of the molecule is O=C(O)c1ccc(Cc2cnc3ccc(C(=O)NCc4ccc5[nH]ccc5c4)cc3c2O)cc1. The van der Waals surface area contributed by atoms with Crippen molar-refractivity contribution in [1.29, 1.82) is 0 Å². The minimum absolute atomic E-state index is 0.0554. The monoisotopic (exact) mass is 451 g/mol. The Labute approximate surface area is 194 Å². The number of H-pyrrole nitrogens is 1. The summed E-state index contributed by atoms with van der Waals surface area (Å²) >= 11 is 0. The van der Waals surface area contributed by atoms with Gasteiger partial charge in [-0.25, -0.2) is 4.79 Å². The van der Waals surface area contributed by atoms with Crippen molar-refractivity contribution in [2.45, 2.75) is 13.0 Å². The fraction of sp³-hybridized carbons (Fsp3) is 0.0741. The van der Waals surface area contributed by atoms with Crippen molar-refractivity contribution in [2.75, 3.05) is 0 Å². The third-order valence-corrected chi connectivity index (χ3v) is 5.84. The number of benzene rings is 3. The fourth-order valence-electron chi connectivity index (χ4n) is 3.97. The molecule has 0 aliphatic rings. The van der Waals surface area contributed by atoms with Crippen LogP contribution in [0.5, 0.6) is 5.75 Å². The van der Waals surface area contributed by atoms with Gasteiger partial charge >= 0.3 is 5.97 Å². The molecule has 3 aromatic carbocycles. The number of carboxylic acid groups (broad SMARTS) is 1. The first-order valence-electron chi connectivity index (χ1n) is 10.7. The van der Waals surface area contributed by atoms with E-state index in [1.54, 1.807) is 36.5 Å². The number of hydrogen-bond acceptors (Lipinski definition) is 4. The second-order valence-electron chi connectivity index (χ2n) is 8.12. The van der Waals surface area contributed by atoms with Gasteiger partial charge in [0, 0.05) is 47.4 Å². The Kier molecular flexibility index (Phi) is 5.43. The van der Waals surface area contributed by atoms with Crippen molar-refractivity contribution in [3.05, 3.63) is 107 Å². The van der Waals surface area contributed by atoms with Crippen molar-refractivity contribution < 1.29 is 19.8 Å². The molecule has 168 valence electrons. The van der Waals surface area contributed by atoms with Crippen LogP contribution in [0.1, 0.15) is 37.4 Å². The van der Waals surface area contributed by atoms with E-state index in [1.807, 2.05) is 30.5 Å². The molecule has 1 amide bonds. The number of carboxylic acids is 1. The van der Waals surface area contributed by atoms with Gasteiger partial charge in [-0.1, -0.05) is 18.2 Å². The number of hydrogen-bond donors (Lipinski definition) is 4. The maximum atomic E-state index is 12.8. The maximum absolute atomic E-state index is 12.8. The highest BCUT2D eigenvalue weighted by atomic mass is 16.4. The van der Waals surface area contributed by atoms with E-state index >= 15 is 0 Å². The number of nitrogens with one attached hydrogen (secondary N) is 2. The highest BCUT2D eigenvalue weighted by Gasteiger charge is 2.13. The molecule has 0 spiro atoms. The predicted octanol–water partition coefficient (Wildman–Crippen LogP) is 4.64. The molecule has 2 aromatic heterocycles. The molecule has 7 nitrogen and oxygen atoms in total. The summed E-state index contributed by atoms with van der Waals surface area (Å²) in [6.07, 6.45) is 3.86. The summed E-state index contributed by atoms with van der Waals surface area (Å²) in [4.78, 5) is 31.4. The molecule has 0 atom stereocenters. The third kappa shape index (κ3) is 4.19. The standard InChI is InChI=1S/C27H21N3O4/c31-25-21(11-16-1-4-18(5-2-16)27(33)34)15-29-24-8-6-20(13-22(24)25)26(32)30-14-17-3-7-23-19(12-17)9-10-28-23/h1-10,12-13,15,28H,11,14H2,(H,29,31)(H,30,32)(H,33,34). The molecule has 7 heteroatoms. The van der Waals surface area contributed by atoms with Gasteiger partial charge in [-0.15, -0.1) is 0 Å². The molecule has 5 rings (SSSR count). The van der Waals surface area contributed by atoms with Crippen LogP contribution in [-0.4, -0.2) is 32.1 Å². The summed E-state index contributed by atoms with van der Waals surface area (Å²) in [6, 6.07) is 19.5. The number of amides is 1. The van der Waals surface area contributed by atoms with Crippen LogP contribution in [0, 0.1) is 0 Å². The predicted molar refractivity (Wildman–Crippen MR) is 129 cm³/mol. The van der Waals surface area contributed by atoms with E-state index in [1.165, 1.54) is 12.1 Å². The lowest BCUT2D eigenvalue weighted by molar-refractivity contribution is 0.0696. The first-order chi connectivity index (χ1) is 16.5. The molecule has 0 unspecified atom stereocenters. The largest absolute Gasteiger partial charge is 0.507 e. The van der Waals surface area contributed by atoms with Crippen LogP contribution in [0.4, 0.5) is 0 Å². The van der Waals surface area contributed by atoms with Gasteiger partial charge in [-0.3, -0.25) is 9.78 Å². The number of carbonyl (C=O) groups excluding carboxylic acids is 1. The minimum atomic E-state index is -0.988. The van der Waals surface area contributed by atoms with E-state index in [-0.39, 0.29) is 17.2 Å². The molecule has 0 bridgehead atoms. The Hall–Kier alpha value is -4.65. The average molecular weight is 451 g/mol. The van der Waals surface area contributed by atoms with Gasteiger partial charge in [0.1, 0.15) is 5.75 Å². The number of nitrogens with zero attached hydrogens (tertiary/aromatic N) is 1. The quantitative estimate of drug-likeness (QED) is 0.300. The number of aromatic hydroxyl groups is 1. The molecular weight excluding hydrogens is 430 g/mol. The fourth-order valence-corrected chi connectivity index (χ4v) is 3.97. The summed E-state index contributed by atoms with van der Waals surface area (Å²) in [7, 11) is 0. The topological polar surface area (TPSA) is 115 Å². The zero-order valence-corrected chi connectivity index (χ0v) is 18.1. The number of aromatic carboxylic acids is 1. The van der Waals surface area contributed by atoms with E-state index in [4.69, 9.17) is 5.11 Å². The number of pyridine rings is 1.